The third kappa shape index (κ3) is 1.95. The molecule has 1 N–H and O–H groups in total. The van der Waals surface area contributed by atoms with Crippen molar-refractivity contribution in [2.24, 2.45) is 0 Å². The van der Waals surface area contributed by atoms with E-state index in [1.54, 1.807) is 24.3 Å². The number of carbonyl (C=O) groups excluding carboxylic acids is 2. The number of aliphatic hydroxyl groups is 1. The third-order valence-electron chi connectivity index (χ3n) is 3.43. The normalized spacial score (nSPS) is 23.1. The fourth-order valence-electron chi connectivity index (χ4n) is 2.44. The molecule has 0 amide bonds. The van der Waals surface area contributed by atoms with Gasteiger partial charge in [-0.25, -0.2) is 0 Å². The van der Waals surface area contributed by atoms with Crippen LogP contribution >= 0.6 is 11.6 Å². The topological polar surface area (TPSA) is 66.8 Å². The first kappa shape index (κ1) is 13.3. The number of hydrogen-bond acceptors (Lipinski definition) is 5. The summed E-state index contributed by atoms with van der Waals surface area (Å²) in [6, 6.07) is 6.54. The largest absolute Gasteiger partial charge is 0.375 e. The summed E-state index contributed by atoms with van der Waals surface area (Å²) in [5.74, 6) is -0.735. The van der Waals surface area contributed by atoms with Crippen LogP contribution in [0.3, 0.4) is 0 Å². The Morgan fingerprint density at radius 1 is 1.20 bits per heavy atom. The number of allylic oxidation sites excluding steroid dienone is 2. The molecule has 1 fully saturated rings. The van der Waals surface area contributed by atoms with E-state index in [-0.39, 0.29) is 23.1 Å². The molecule has 0 saturated carbocycles. The highest BCUT2D eigenvalue weighted by Gasteiger charge is 2.37. The van der Waals surface area contributed by atoms with Gasteiger partial charge in [0.2, 0.25) is 11.6 Å². The third-order valence-corrected chi connectivity index (χ3v) is 3.78. The van der Waals surface area contributed by atoms with Crippen LogP contribution in [0.5, 0.6) is 0 Å². The van der Waals surface area contributed by atoms with Crippen LogP contribution in [0.1, 0.15) is 20.7 Å². The molecule has 0 aromatic heterocycles. The second-order valence-electron chi connectivity index (χ2n) is 4.62. The van der Waals surface area contributed by atoms with Crippen molar-refractivity contribution in [3.63, 3.8) is 0 Å². The van der Waals surface area contributed by atoms with Crippen LogP contribution in [-0.2, 0) is 4.74 Å². The molecule has 0 radical (unpaired) electrons. The number of halogens is 1. The van der Waals surface area contributed by atoms with Crippen LogP contribution in [0.2, 0.25) is 0 Å². The minimum absolute atomic E-state index is 0.0613. The zero-order chi connectivity index (χ0) is 14.3. The van der Waals surface area contributed by atoms with Gasteiger partial charge in [-0.05, 0) is 0 Å². The number of aliphatic hydroxyl groups excluding tert-OH is 1. The van der Waals surface area contributed by atoms with E-state index in [0.29, 0.717) is 24.3 Å². The summed E-state index contributed by atoms with van der Waals surface area (Å²) in [6.45, 7) is 0.762. The predicted octanol–water partition coefficient (Wildman–Crippen LogP) is 1.17. The van der Waals surface area contributed by atoms with Gasteiger partial charge < -0.3 is 14.7 Å². The summed E-state index contributed by atoms with van der Waals surface area (Å²) >= 11 is 6.07. The fraction of sp³-hybridized carbons (Fsp3) is 0.286. The fourth-order valence-corrected chi connectivity index (χ4v) is 2.74. The first-order valence-electron chi connectivity index (χ1n) is 6.22. The number of fused-ring (bicyclic) bond motifs is 1. The SMILES string of the molecule is O=C1C(Cl)=C(N2CCOCC2O)C(=O)c2ccccc21. The number of nitrogens with zero attached hydrogens (tertiary/aromatic N) is 1. The van der Waals surface area contributed by atoms with E-state index in [1.807, 2.05) is 0 Å². The van der Waals surface area contributed by atoms with Gasteiger partial charge in [0.15, 0.2) is 6.23 Å². The average molecular weight is 294 g/mol. The summed E-state index contributed by atoms with van der Waals surface area (Å²) in [4.78, 5) is 26.2. The molecule has 2 aliphatic rings. The zero-order valence-electron chi connectivity index (χ0n) is 10.5. The lowest BCUT2D eigenvalue weighted by Gasteiger charge is -2.36. The van der Waals surface area contributed by atoms with E-state index in [0.717, 1.165) is 0 Å². The summed E-state index contributed by atoms with van der Waals surface area (Å²) in [7, 11) is 0. The molecule has 5 nitrogen and oxygen atoms in total. The van der Waals surface area contributed by atoms with Crippen molar-refractivity contribution >= 4 is 23.2 Å². The standard InChI is InChI=1S/C14H12ClNO4/c15-11-12(16-5-6-20-7-10(16)17)14(19)9-4-2-1-3-8(9)13(11)18/h1-4,10,17H,5-7H2. The monoisotopic (exact) mass is 293 g/mol. The number of carbonyl (C=O) groups is 2. The smallest absolute Gasteiger partial charge is 0.211 e. The van der Waals surface area contributed by atoms with E-state index in [4.69, 9.17) is 16.3 Å². The molecule has 0 bridgehead atoms. The van der Waals surface area contributed by atoms with Crippen LogP contribution in [0.4, 0.5) is 0 Å². The Kier molecular flexibility index (Phi) is 3.33. The molecule has 1 aliphatic heterocycles. The number of benzene rings is 1. The maximum absolute atomic E-state index is 12.5. The highest BCUT2D eigenvalue weighted by Crippen LogP contribution is 2.31. The highest BCUT2D eigenvalue weighted by atomic mass is 35.5. The van der Waals surface area contributed by atoms with Crippen LogP contribution < -0.4 is 0 Å². The molecule has 3 rings (SSSR count). The van der Waals surface area contributed by atoms with E-state index < -0.39 is 12.0 Å². The molecule has 1 atom stereocenters. The zero-order valence-corrected chi connectivity index (χ0v) is 11.3. The number of ketones is 2. The van der Waals surface area contributed by atoms with Crippen LogP contribution in [-0.4, -0.2) is 47.6 Å². The molecule has 104 valence electrons. The van der Waals surface area contributed by atoms with Crippen molar-refractivity contribution in [1.29, 1.82) is 0 Å². The van der Waals surface area contributed by atoms with Crippen molar-refractivity contribution in [2.75, 3.05) is 19.8 Å². The molecule has 1 unspecified atom stereocenters. The van der Waals surface area contributed by atoms with E-state index in [9.17, 15) is 14.7 Å². The highest BCUT2D eigenvalue weighted by molar-refractivity contribution is 6.49. The number of rotatable bonds is 1. The molecule has 1 saturated heterocycles. The van der Waals surface area contributed by atoms with Gasteiger partial charge in [-0.15, -0.1) is 0 Å². The molecular formula is C14H12ClNO4. The quantitative estimate of drug-likeness (QED) is 0.842. The molecular weight excluding hydrogens is 282 g/mol. The van der Waals surface area contributed by atoms with Crippen molar-refractivity contribution in [2.45, 2.75) is 6.23 Å². The van der Waals surface area contributed by atoms with Gasteiger partial charge in [0.25, 0.3) is 0 Å². The predicted molar refractivity (Wildman–Crippen MR) is 71.5 cm³/mol. The van der Waals surface area contributed by atoms with E-state index >= 15 is 0 Å². The Morgan fingerprint density at radius 2 is 1.85 bits per heavy atom. The second kappa shape index (κ2) is 5.01. The molecule has 1 aromatic carbocycles. The van der Waals surface area contributed by atoms with Gasteiger partial charge in [-0.3, -0.25) is 9.59 Å². The first-order chi connectivity index (χ1) is 9.61. The van der Waals surface area contributed by atoms with Crippen LogP contribution in [0.15, 0.2) is 35.0 Å². The summed E-state index contributed by atoms with van der Waals surface area (Å²) in [6.07, 6.45) is -0.977. The summed E-state index contributed by atoms with van der Waals surface area (Å²) < 4.78 is 5.12. The Labute approximate surface area is 120 Å². The maximum Gasteiger partial charge on any atom is 0.211 e. The minimum Gasteiger partial charge on any atom is -0.375 e. The van der Waals surface area contributed by atoms with E-state index in [2.05, 4.69) is 0 Å². The van der Waals surface area contributed by atoms with Gasteiger partial charge in [0.05, 0.1) is 13.2 Å². The van der Waals surface area contributed by atoms with Crippen LogP contribution in [0, 0.1) is 0 Å². The summed E-state index contributed by atoms with van der Waals surface area (Å²) in [5, 5.41) is 9.79. The molecule has 20 heavy (non-hydrogen) atoms. The number of hydrogen-bond donors (Lipinski definition) is 1. The van der Waals surface area contributed by atoms with Crippen molar-refractivity contribution in [1.82, 2.24) is 4.90 Å². The molecule has 1 heterocycles. The molecule has 0 spiro atoms. The van der Waals surface area contributed by atoms with Gasteiger partial charge in [-0.1, -0.05) is 35.9 Å². The Bertz CT molecular complexity index is 625. The number of ether oxygens (including phenoxy) is 1. The average Bonchev–Trinajstić information content (AvgIpc) is 2.47. The molecule has 1 aromatic rings. The first-order valence-corrected chi connectivity index (χ1v) is 6.59. The second-order valence-corrected chi connectivity index (χ2v) is 4.99. The summed E-state index contributed by atoms with van der Waals surface area (Å²) in [5.41, 5.74) is 0.677. The number of Topliss-reactive ketones (excluding diaryl/α,β-unsaturated/α-hetero) is 2. The Morgan fingerprint density at radius 3 is 2.50 bits per heavy atom. The minimum atomic E-state index is -0.977. The Balaban J connectivity index is 2.09. The van der Waals surface area contributed by atoms with Gasteiger partial charge >= 0.3 is 0 Å². The van der Waals surface area contributed by atoms with Gasteiger partial charge in [0.1, 0.15) is 10.7 Å². The molecule has 1 aliphatic carbocycles. The lowest BCUT2D eigenvalue weighted by Crippen LogP contribution is -2.47. The Hall–Kier alpha value is -1.69. The van der Waals surface area contributed by atoms with Crippen LogP contribution in [0.25, 0.3) is 0 Å². The number of morpholine rings is 1. The van der Waals surface area contributed by atoms with Crippen molar-refractivity contribution in [3.8, 4) is 0 Å². The van der Waals surface area contributed by atoms with Gasteiger partial charge in [0, 0.05) is 17.7 Å². The van der Waals surface area contributed by atoms with Crippen molar-refractivity contribution in [3.05, 3.63) is 46.1 Å². The van der Waals surface area contributed by atoms with Gasteiger partial charge in [-0.2, -0.15) is 0 Å². The maximum atomic E-state index is 12.5. The molecule has 6 heteroatoms. The lowest BCUT2D eigenvalue weighted by atomic mass is 9.91. The lowest BCUT2D eigenvalue weighted by molar-refractivity contribution is -0.0882. The van der Waals surface area contributed by atoms with E-state index in [1.165, 1.54) is 4.90 Å². The van der Waals surface area contributed by atoms with Crippen molar-refractivity contribution < 1.29 is 19.4 Å².